The number of esters is 1. The maximum Gasteiger partial charge on any atom is 0.349 e. The zero-order valence-electron chi connectivity index (χ0n) is 11.9. The molecule has 6 nitrogen and oxygen atoms in total. The number of methoxy groups -OCH3 is 1. The fourth-order valence-corrected chi connectivity index (χ4v) is 5.19. The van der Waals surface area contributed by atoms with Crippen LogP contribution in [0.15, 0.2) is 33.1 Å². The number of carbonyl (C=O) groups excluding carboxylic acids is 1. The maximum atomic E-state index is 12.6. The number of furan rings is 1. The number of rotatable bonds is 4. The Kier molecular flexibility index (Phi) is 4.07. The molecule has 0 aliphatic heterocycles. The van der Waals surface area contributed by atoms with Gasteiger partial charge in [0.25, 0.3) is 0 Å². The fraction of sp³-hybridized carbons (Fsp3) is 0.357. The van der Waals surface area contributed by atoms with Crippen LogP contribution >= 0.6 is 11.3 Å². The van der Waals surface area contributed by atoms with Gasteiger partial charge >= 0.3 is 5.97 Å². The molecule has 0 saturated heterocycles. The minimum absolute atomic E-state index is 0.0417. The molecule has 0 amide bonds. The topological polar surface area (TPSA) is 85.6 Å². The van der Waals surface area contributed by atoms with E-state index in [4.69, 9.17) is 4.42 Å². The molecule has 0 spiro atoms. The van der Waals surface area contributed by atoms with Gasteiger partial charge in [-0.25, -0.2) is 17.9 Å². The highest BCUT2D eigenvalue weighted by Crippen LogP contribution is 2.32. The third-order valence-corrected chi connectivity index (χ3v) is 6.18. The van der Waals surface area contributed by atoms with Gasteiger partial charge in [-0.3, -0.25) is 0 Å². The van der Waals surface area contributed by atoms with E-state index in [1.807, 2.05) is 0 Å². The molecule has 0 saturated carbocycles. The number of carbonyl (C=O) groups is 1. The van der Waals surface area contributed by atoms with Crippen LogP contribution in [0.4, 0.5) is 0 Å². The van der Waals surface area contributed by atoms with E-state index in [0.29, 0.717) is 6.42 Å². The summed E-state index contributed by atoms with van der Waals surface area (Å²) in [6.07, 6.45) is 3.93. The Bertz CT molecular complexity index is 790. The number of fused-ring (bicyclic) bond motifs is 1. The third kappa shape index (κ3) is 2.69. The van der Waals surface area contributed by atoms with E-state index in [1.165, 1.54) is 13.2 Å². The van der Waals surface area contributed by atoms with Crippen molar-refractivity contribution in [2.45, 2.75) is 30.2 Å². The first-order chi connectivity index (χ1) is 10.5. The van der Waals surface area contributed by atoms with E-state index in [0.717, 1.165) is 35.5 Å². The van der Waals surface area contributed by atoms with Gasteiger partial charge in [0.2, 0.25) is 10.0 Å². The van der Waals surface area contributed by atoms with E-state index < -0.39 is 16.0 Å². The molecule has 1 N–H and O–H groups in total. The maximum absolute atomic E-state index is 12.6. The van der Waals surface area contributed by atoms with Gasteiger partial charge in [0.15, 0.2) is 0 Å². The quantitative estimate of drug-likeness (QED) is 0.864. The molecule has 0 bridgehead atoms. The number of hydrogen-bond donors (Lipinski definition) is 1. The van der Waals surface area contributed by atoms with Crippen molar-refractivity contribution in [2.75, 3.05) is 7.11 Å². The molecule has 0 fully saturated rings. The van der Waals surface area contributed by atoms with Crippen molar-refractivity contribution >= 4 is 27.3 Å². The average molecular weight is 341 g/mol. The molecule has 1 aliphatic carbocycles. The first-order valence-corrected chi connectivity index (χ1v) is 9.13. The van der Waals surface area contributed by atoms with Crippen LogP contribution in [0, 0.1) is 0 Å². The number of sulfonamides is 1. The van der Waals surface area contributed by atoms with Gasteiger partial charge in [0.1, 0.15) is 15.5 Å². The van der Waals surface area contributed by atoms with Crippen LogP contribution in [0.1, 0.15) is 39.9 Å². The van der Waals surface area contributed by atoms with E-state index in [1.54, 1.807) is 17.7 Å². The van der Waals surface area contributed by atoms with Crippen molar-refractivity contribution in [3.05, 3.63) is 40.0 Å². The molecule has 1 aliphatic rings. The monoisotopic (exact) mass is 341 g/mol. The van der Waals surface area contributed by atoms with Crippen LogP contribution in [0.5, 0.6) is 0 Å². The largest absolute Gasteiger partial charge is 0.469 e. The highest BCUT2D eigenvalue weighted by atomic mass is 32.2. The zero-order valence-corrected chi connectivity index (χ0v) is 13.5. The van der Waals surface area contributed by atoms with Crippen LogP contribution in [0.25, 0.3) is 0 Å². The fourth-order valence-electron chi connectivity index (χ4n) is 2.61. The molecule has 2 heterocycles. The Labute approximate surface area is 132 Å². The van der Waals surface area contributed by atoms with Gasteiger partial charge in [-0.15, -0.1) is 11.3 Å². The molecular formula is C14H15NO5S2. The molecule has 0 aromatic carbocycles. The van der Waals surface area contributed by atoms with Crippen LogP contribution in [0.3, 0.4) is 0 Å². The van der Waals surface area contributed by atoms with Gasteiger partial charge in [0, 0.05) is 12.0 Å². The Hall–Kier alpha value is -1.64. The SMILES string of the molecule is COC(=O)c1sccc1S(=O)(=O)N[C@@H]1CCCc2occc21. The molecule has 118 valence electrons. The Morgan fingerprint density at radius 2 is 2.27 bits per heavy atom. The minimum Gasteiger partial charge on any atom is -0.469 e. The zero-order chi connectivity index (χ0) is 15.7. The summed E-state index contributed by atoms with van der Waals surface area (Å²) in [5.74, 6) is 0.167. The first kappa shape index (κ1) is 15.3. The number of nitrogens with one attached hydrogen (secondary N) is 1. The standard InChI is InChI=1S/C14H15NO5S2/c1-19-14(16)13-12(6-8-21-13)22(17,18)15-10-3-2-4-11-9(10)5-7-20-11/h5-8,10,15H,2-4H2,1H3/t10-/m1/s1. The van der Waals surface area contributed by atoms with Crippen molar-refractivity contribution < 1.29 is 22.4 Å². The van der Waals surface area contributed by atoms with Crippen molar-refractivity contribution in [3.8, 4) is 0 Å². The van der Waals surface area contributed by atoms with Crippen molar-refractivity contribution in [1.29, 1.82) is 0 Å². The summed E-state index contributed by atoms with van der Waals surface area (Å²) in [4.78, 5) is 11.7. The lowest BCUT2D eigenvalue weighted by Crippen LogP contribution is -2.31. The van der Waals surface area contributed by atoms with Gasteiger partial charge in [-0.1, -0.05) is 0 Å². The van der Waals surface area contributed by atoms with Crippen molar-refractivity contribution in [3.63, 3.8) is 0 Å². The van der Waals surface area contributed by atoms with Gasteiger partial charge in [-0.05, 0) is 30.4 Å². The van der Waals surface area contributed by atoms with Crippen molar-refractivity contribution in [2.24, 2.45) is 0 Å². The van der Waals surface area contributed by atoms with E-state index in [9.17, 15) is 13.2 Å². The smallest absolute Gasteiger partial charge is 0.349 e. The molecule has 1 atom stereocenters. The second-order valence-electron chi connectivity index (χ2n) is 4.97. The Morgan fingerprint density at radius 1 is 1.45 bits per heavy atom. The summed E-state index contributed by atoms with van der Waals surface area (Å²) in [7, 11) is -2.58. The number of aryl methyl sites for hydroxylation is 1. The summed E-state index contributed by atoms with van der Waals surface area (Å²) < 4.78 is 37.8. The van der Waals surface area contributed by atoms with Crippen LogP contribution in [-0.2, 0) is 21.2 Å². The van der Waals surface area contributed by atoms with Gasteiger partial charge < -0.3 is 9.15 Å². The lowest BCUT2D eigenvalue weighted by molar-refractivity contribution is 0.0602. The molecule has 3 rings (SSSR count). The second-order valence-corrected chi connectivity index (χ2v) is 7.57. The van der Waals surface area contributed by atoms with E-state index >= 15 is 0 Å². The predicted octanol–water partition coefficient (Wildman–Crippen LogP) is 2.48. The molecule has 22 heavy (non-hydrogen) atoms. The van der Waals surface area contributed by atoms with E-state index in [-0.39, 0.29) is 15.8 Å². The van der Waals surface area contributed by atoms with Crippen LogP contribution < -0.4 is 4.72 Å². The first-order valence-electron chi connectivity index (χ1n) is 6.77. The summed E-state index contributed by atoms with van der Waals surface area (Å²) >= 11 is 1.05. The predicted molar refractivity (Wildman–Crippen MR) is 80.4 cm³/mol. The summed E-state index contributed by atoms with van der Waals surface area (Å²) in [6.45, 7) is 0. The molecule has 2 aromatic heterocycles. The Balaban J connectivity index is 1.90. The van der Waals surface area contributed by atoms with Crippen LogP contribution in [0.2, 0.25) is 0 Å². The molecule has 8 heteroatoms. The minimum atomic E-state index is -3.81. The third-order valence-electron chi connectivity index (χ3n) is 3.64. The second kappa shape index (κ2) is 5.86. The highest BCUT2D eigenvalue weighted by molar-refractivity contribution is 7.89. The highest BCUT2D eigenvalue weighted by Gasteiger charge is 2.30. The summed E-state index contributed by atoms with van der Waals surface area (Å²) in [6, 6.07) is 2.87. The summed E-state index contributed by atoms with van der Waals surface area (Å²) in [5, 5.41) is 1.56. The number of hydrogen-bond acceptors (Lipinski definition) is 6. The van der Waals surface area contributed by atoms with Crippen molar-refractivity contribution in [1.82, 2.24) is 4.72 Å². The van der Waals surface area contributed by atoms with Gasteiger partial charge in [0.05, 0.1) is 19.4 Å². The van der Waals surface area contributed by atoms with E-state index in [2.05, 4.69) is 9.46 Å². The Morgan fingerprint density at radius 3 is 3.05 bits per heavy atom. The normalized spacial score (nSPS) is 18.0. The summed E-state index contributed by atoms with van der Waals surface area (Å²) in [5.41, 5.74) is 0.865. The molecule has 0 unspecified atom stereocenters. The number of thiophene rings is 1. The van der Waals surface area contributed by atoms with Gasteiger partial charge in [-0.2, -0.15) is 0 Å². The lowest BCUT2D eigenvalue weighted by Gasteiger charge is -2.22. The molecular weight excluding hydrogens is 326 g/mol. The number of ether oxygens (including phenoxy) is 1. The average Bonchev–Trinajstić information content (AvgIpc) is 3.15. The molecule has 2 aromatic rings. The van der Waals surface area contributed by atoms with Crippen LogP contribution in [-0.4, -0.2) is 21.5 Å². The lowest BCUT2D eigenvalue weighted by atomic mass is 9.94. The molecule has 0 radical (unpaired) electrons.